The smallest absolute Gasteiger partial charge is 0.130 e. The van der Waals surface area contributed by atoms with Crippen LogP contribution in [0, 0.1) is 0 Å². The minimum Gasteiger partial charge on any atom is -0.383 e. The summed E-state index contributed by atoms with van der Waals surface area (Å²) in [5.41, 5.74) is 2.25. The predicted molar refractivity (Wildman–Crippen MR) is 88.7 cm³/mol. The molecule has 0 aliphatic carbocycles. The molecule has 1 heterocycles. The molecule has 1 aromatic carbocycles. The molecule has 1 aromatic heterocycles. The van der Waals surface area contributed by atoms with Crippen LogP contribution < -0.4 is 5.32 Å². The molecule has 114 valence electrons. The molecule has 2 aromatic rings. The summed E-state index contributed by atoms with van der Waals surface area (Å²) in [6.07, 6.45) is 0. The Morgan fingerprint density at radius 3 is 2.76 bits per heavy atom. The average molecular weight is 287 g/mol. The van der Waals surface area contributed by atoms with Gasteiger partial charge in [0, 0.05) is 37.7 Å². The van der Waals surface area contributed by atoms with Crippen LogP contribution in [0.1, 0.15) is 19.4 Å². The van der Waals surface area contributed by atoms with Crippen LogP contribution in [0.5, 0.6) is 0 Å². The van der Waals surface area contributed by atoms with Gasteiger partial charge >= 0.3 is 0 Å². The Bertz CT molecular complexity index is 585. The fourth-order valence-electron chi connectivity index (χ4n) is 2.64. The number of hydrogen-bond donors (Lipinski definition) is 1. The zero-order chi connectivity index (χ0) is 15.2. The minimum absolute atomic E-state index is 0.385. The van der Waals surface area contributed by atoms with Crippen molar-refractivity contribution in [2.45, 2.75) is 26.4 Å². The molecule has 1 N–H and O–H groups in total. The number of aromatic nitrogens is 1. The second-order valence-electron chi connectivity index (χ2n) is 5.31. The topological polar surface area (TPSA) is 37.4 Å². The van der Waals surface area contributed by atoms with E-state index < -0.39 is 0 Å². The lowest BCUT2D eigenvalue weighted by Crippen LogP contribution is -2.35. The summed E-state index contributed by atoms with van der Waals surface area (Å²) in [5.74, 6) is 0.955. The molecule has 21 heavy (non-hydrogen) atoms. The third kappa shape index (κ3) is 3.71. The second kappa shape index (κ2) is 7.38. The monoisotopic (exact) mass is 287 g/mol. The number of pyridine rings is 1. The van der Waals surface area contributed by atoms with Gasteiger partial charge in [0.1, 0.15) is 5.82 Å². The van der Waals surface area contributed by atoms with E-state index >= 15 is 0 Å². The van der Waals surface area contributed by atoms with Crippen LogP contribution >= 0.6 is 0 Å². The molecule has 0 saturated heterocycles. The van der Waals surface area contributed by atoms with E-state index in [1.54, 1.807) is 7.11 Å². The van der Waals surface area contributed by atoms with Gasteiger partial charge < -0.3 is 10.1 Å². The summed E-state index contributed by atoms with van der Waals surface area (Å²) in [6.45, 7) is 6.97. The van der Waals surface area contributed by atoms with E-state index in [0.29, 0.717) is 6.04 Å². The maximum atomic E-state index is 5.28. The number of para-hydroxylation sites is 1. The van der Waals surface area contributed by atoms with Crippen LogP contribution in [0.4, 0.5) is 5.82 Å². The Kier molecular flexibility index (Phi) is 5.53. The molecular weight excluding hydrogens is 262 g/mol. The second-order valence-corrected chi connectivity index (χ2v) is 5.31. The van der Waals surface area contributed by atoms with Crippen LogP contribution in [-0.4, -0.2) is 43.2 Å². The highest BCUT2D eigenvalue weighted by molar-refractivity contribution is 5.81. The van der Waals surface area contributed by atoms with E-state index in [4.69, 9.17) is 9.72 Å². The van der Waals surface area contributed by atoms with Crippen molar-refractivity contribution in [3.05, 3.63) is 35.9 Å². The van der Waals surface area contributed by atoms with Crippen molar-refractivity contribution in [2.75, 3.05) is 32.6 Å². The highest BCUT2D eigenvalue weighted by Crippen LogP contribution is 2.22. The van der Waals surface area contributed by atoms with Crippen molar-refractivity contribution in [1.82, 2.24) is 9.88 Å². The van der Waals surface area contributed by atoms with E-state index in [1.165, 1.54) is 10.9 Å². The molecule has 2 rings (SSSR count). The zero-order valence-corrected chi connectivity index (χ0v) is 13.4. The molecule has 0 saturated carbocycles. The SMILES string of the molecule is CCN(Cc1cc2ccccc2nc1NC)C(C)COC. The van der Waals surface area contributed by atoms with Crippen molar-refractivity contribution in [3.63, 3.8) is 0 Å². The standard InChI is InChI=1S/C17H25N3O/c1-5-20(13(2)12-21-4)11-15-10-14-8-6-7-9-16(14)19-17(15)18-3/h6-10,13H,5,11-12H2,1-4H3,(H,18,19). The third-order valence-electron chi connectivity index (χ3n) is 3.85. The van der Waals surface area contributed by atoms with Gasteiger partial charge in [-0.15, -0.1) is 0 Å². The lowest BCUT2D eigenvalue weighted by atomic mass is 10.1. The number of fused-ring (bicyclic) bond motifs is 1. The minimum atomic E-state index is 0.385. The van der Waals surface area contributed by atoms with Crippen LogP contribution in [0.25, 0.3) is 10.9 Å². The summed E-state index contributed by atoms with van der Waals surface area (Å²) in [6, 6.07) is 10.9. The highest BCUT2D eigenvalue weighted by Gasteiger charge is 2.15. The fourth-order valence-corrected chi connectivity index (χ4v) is 2.64. The molecular formula is C17H25N3O. The van der Waals surface area contributed by atoms with Gasteiger partial charge in [-0.3, -0.25) is 4.90 Å². The number of methoxy groups -OCH3 is 1. The van der Waals surface area contributed by atoms with E-state index in [9.17, 15) is 0 Å². The molecule has 0 spiro atoms. The summed E-state index contributed by atoms with van der Waals surface area (Å²) in [4.78, 5) is 7.12. The number of benzene rings is 1. The Morgan fingerprint density at radius 1 is 1.33 bits per heavy atom. The molecule has 1 atom stereocenters. The van der Waals surface area contributed by atoms with Crippen LogP contribution in [-0.2, 0) is 11.3 Å². The van der Waals surface area contributed by atoms with Crippen molar-refractivity contribution < 1.29 is 4.74 Å². The highest BCUT2D eigenvalue weighted by atomic mass is 16.5. The summed E-state index contributed by atoms with van der Waals surface area (Å²) >= 11 is 0. The molecule has 0 fully saturated rings. The number of nitrogens with zero attached hydrogens (tertiary/aromatic N) is 2. The van der Waals surface area contributed by atoms with Crippen molar-refractivity contribution in [2.24, 2.45) is 0 Å². The van der Waals surface area contributed by atoms with Gasteiger partial charge in [-0.25, -0.2) is 4.98 Å². The molecule has 0 aliphatic rings. The van der Waals surface area contributed by atoms with Gasteiger partial charge in [0.2, 0.25) is 0 Å². The number of hydrogen-bond acceptors (Lipinski definition) is 4. The first-order chi connectivity index (χ1) is 10.2. The zero-order valence-electron chi connectivity index (χ0n) is 13.4. The van der Waals surface area contributed by atoms with E-state index in [2.05, 4.69) is 42.3 Å². The number of likely N-dealkylation sites (N-methyl/N-ethyl adjacent to an activating group) is 1. The number of nitrogens with one attached hydrogen (secondary N) is 1. The van der Waals surface area contributed by atoms with Gasteiger partial charge in [0.15, 0.2) is 0 Å². The average Bonchev–Trinajstić information content (AvgIpc) is 2.51. The van der Waals surface area contributed by atoms with E-state index in [1.807, 2.05) is 19.2 Å². The van der Waals surface area contributed by atoms with Gasteiger partial charge in [-0.05, 0) is 25.6 Å². The lowest BCUT2D eigenvalue weighted by Gasteiger charge is -2.28. The van der Waals surface area contributed by atoms with Crippen LogP contribution in [0.2, 0.25) is 0 Å². The maximum Gasteiger partial charge on any atom is 0.130 e. The van der Waals surface area contributed by atoms with Crippen LogP contribution in [0.3, 0.4) is 0 Å². The number of anilines is 1. The van der Waals surface area contributed by atoms with Gasteiger partial charge in [0.05, 0.1) is 12.1 Å². The molecule has 0 radical (unpaired) electrons. The molecule has 4 heteroatoms. The molecule has 4 nitrogen and oxygen atoms in total. The largest absolute Gasteiger partial charge is 0.383 e. The molecule has 1 unspecified atom stereocenters. The molecule has 0 amide bonds. The van der Waals surface area contributed by atoms with E-state index in [-0.39, 0.29) is 0 Å². The number of ether oxygens (including phenoxy) is 1. The first kappa shape index (κ1) is 15.7. The van der Waals surface area contributed by atoms with Crippen molar-refractivity contribution >= 4 is 16.7 Å². The summed E-state index contributed by atoms with van der Waals surface area (Å²) < 4.78 is 5.28. The van der Waals surface area contributed by atoms with Crippen molar-refractivity contribution in [3.8, 4) is 0 Å². The van der Waals surface area contributed by atoms with Crippen LogP contribution in [0.15, 0.2) is 30.3 Å². The summed E-state index contributed by atoms with van der Waals surface area (Å²) in [5, 5.41) is 4.40. The van der Waals surface area contributed by atoms with Gasteiger partial charge in [-0.1, -0.05) is 25.1 Å². The molecule has 0 bridgehead atoms. The Balaban J connectivity index is 2.31. The predicted octanol–water partition coefficient (Wildman–Crippen LogP) is 3.13. The summed E-state index contributed by atoms with van der Waals surface area (Å²) in [7, 11) is 3.68. The third-order valence-corrected chi connectivity index (χ3v) is 3.85. The quantitative estimate of drug-likeness (QED) is 0.849. The first-order valence-corrected chi connectivity index (χ1v) is 7.49. The van der Waals surface area contributed by atoms with Crippen molar-refractivity contribution in [1.29, 1.82) is 0 Å². The van der Waals surface area contributed by atoms with E-state index in [0.717, 1.165) is 31.0 Å². The molecule has 0 aliphatic heterocycles. The maximum absolute atomic E-state index is 5.28. The Labute approximate surface area is 127 Å². The Morgan fingerprint density at radius 2 is 2.10 bits per heavy atom. The number of rotatable bonds is 7. The van der Waals surface area contributed by atoms with Gasteiger partial charge in [0.25, 0.3) is 0 Å². The lowest BCUT2D eigenvalue weighted by molar-refractivity contribution is 0.0983. The normalized spacial score (nSPS) is 12.8. The van der Waals surface area contributed by atoms with Gasteiger partial charge in [-0.2, -0.15) is 0 Å². The Hall–Kier alpha value is -1.65. The fraction of sp³-hybridized carbons (Fsp3) is 0.471. The first-order valence-electron chi connectivity index (χ1n) is 7.49.